The van der Waals surface area contributed by atoms with E-state index in [1.54, 1.807) is 0 Å². The molecule has 23 heavy (non-hydrogen) atoms. The van der Waals surface area contributed by atoms with E-state index in [0.29, 0.717) is 19.8 Å². The molecule has 5 heterocycles. The van der Waals surface area contributed by atoms with Gasteiger partial charge in [-0.25, -0.2) is 0 Å². The molecule has 6 fully saturated rings. The van der Waals surface area contributed by atoms with E-state index in [0.717, 1.165) is 10.0 Å². The predicted molar refractivity (Wildman–Crippen MR) is 78.5 cm³/mol. The van der Waals surface area contributed by atoms with Gasteiger partial charge in [0.1, 0.15) is 35.6 Å². The Kier molecular flexibility index (Phi) is 2.59. The van der Waals surface area contributed by atoms with Crippen molar-refractivity contribution in [2.75, 3.05) is 13.2 Å². The highest BCUT2D eigenvalue weighted by atomic mass is 79.9. The first-order chi connectivity index (χ1) is 11.2. The zero-order valence-corrected chi connectivity index (χ0v) is 13.7. The highest BCUT2D eigenvalue weighted by Gasteiger charge is 2.84. The van der Waals surface area contributed by atoms with E-state index in [1.807, 2.05) is 24.3 Å². The number of hydrogen-bond acceptors (Lipinski definition) is 6. The Labute approximate surface area is 141 Å². The van der Waals surface area contributed by atoms with Gasteiger partial charge in [0.2, 0.25) is 0 Å². The molecule has 6 nitrogen and oxygen atoms in total. The van der Waals surface area contributed by atoms with Crippen LogP contribution in [0.2, 0.25) is 0 Å². The Morgan fingerprint density at radius 2 is 1.70 bits per heavy atom. The maximum atomic E-state index is 6.24. The van der Waals surface area contributed by atoms with E-state index in [-0.39, 0.29) is 24.4 Å². The van der Waals surface area contributed by atoms with Gasteiger partial charge < -0.3 is 28.4 Å². The lowest BCUT2D eigenvalue weighted by atomic mass is 9.71. The van der Waals surface area contributed by atoms with Gasteiger partial charge in [-0.2, -0.15) is 0 Å². The number of benzene rings is 1. The van der Waals surface area contributed by atoms with Crippen molar-refractivity contribution < 1.29 is 28.4 Å². The number of rotatable bonds is 3. The van der Waals surface area contributed by atoms with Gasteiger partial charge >= 0.3 is 0 Å². The van der Waals surface area contributed by atoms with Crippen LogP contribution in [0.3, 0.4) is 0 Å². The summed E-state index contributed by atoms with van der Waals surface area (Å²) in [6.45, 7) is 1.11. The molecular formula is C16H15BrO6. The minimum Gasteiger partial charge on any atom is -0.368 e. The Bertz CT molecular complexity index is 642. The SMILES string of the molecule is Brc1ccccc1COC1[C@H]2OC3OC([C@]24CO4)[C@]2(CO2)[C@@H]1O3. The molecule has 7 heteroatoms. The summed E-state index contributed by atoms with van der Waals surface area (Å²) in [4.78, 5) is 0. The highest BCUT2D eigenvalue weighted by Crippen LogP contribution is 2.62. The van der Waals surface area contributed by atoms with E-state index < -0.39 is 17.7 Å². The van der Waals surface area contributed by atoms with Crippen molar-refractivity contribution in [1.29, 1.82) is 0 Å². The molecule has 1 aromatic carbocycles. The van der Waals surface area contributed by atoms with E-state index in [2.05, 4.69) is 15.9 Å². The number of epoxide rings is 2. The second-order valence-corrected chi connectivity index (χ2v) is 7.63. The average Bonchev–Trinajstić information content (AvgIpc) is 3.46. The standard InChI is InChI=1S/C16H15BrO6/c17-9-4-2-1-3-8(9)5-18-10-11-15(6-19-15)13-16(7-20-16)12(10)22-14(21-11)23-13/h1-4,10-14H,5-7H2/t10?,11-,12-,13?,14?,15+,16+/m1/s1. The van der Waals surface area contributed by atoms with Crippen molar-refractivity contribution in [3.63, 3.8) is 0 Å². The molecule has 0 amide bonds. The summed E-state index contributed by atoms with van der Waals surface area (Å²) in [5.41, 5.74) is 0.242. The van der Waals surface area contributed by atoms with Crippen LogP contribution in [-0.4, -0.2) is 55.3 Å². The molecule has 2 spiro atoms. The molecule has 7 rings (SSSR count). The monoisotopic (exact) mass is 382 g/mol. The van der Waals surface area contributed by atoms with Gasteiger partial charge in [-0.15, -0.1) is 0 Å². The second kappa shape index (κ2) is 4.35. The molecule has 1 aliphatic carbocycles. The largest absolute Gasteiger partial charge is 0.368 e. The van der Waals surface area contributed by atoms with Gasteiger partial charge in [0.05, 0.1) is 19.8 Å². The lowest BCUT2D eigenvalue weighted by Crippen LogP contribution is -2.78. The zero-order chi connectivity index (χ0) is 15.2. The smallest absolute Gasteiger partial charge is 0.273 e. The average molecular weight is 383 g/mol. The van der Waals surface area contributed by atoms with Crippen molar-refractivity contribution in [1.82, 2.24) is 0 Å². The van der Waals surface area contributed by atoms with Gasteiger partial charge in [0, 0.05) is 4.47 Å². The fraction of sp³-hybridized carbons (Fsp3) is 0.625. The van der Waals surface area contributed by atoms with Crippen LogP contribution < -0.4 is 0 Å². The summed E-state index contributed by atoms with van der Waals surface area (Å²) >= 11 is 3.56. The summed E-state index contributed by atoms with van der Waals surface area (Å²) in [6, 6.07) is 8.03. The number of halogens is 1. The van der Waals surface area contributed by atoms with Crippen molar-refractivity contribution in [3.05, 3.63) is 34.3 Å². The predicted octanol–water partition coefficient (Wildman–Crippen LogP) is 1.35. The van der Waals surface area contributed by atoms with Crippen molar-refractivity contribution in [2.24, 2.45) is 0 Å². The molecular weight excluding hydrogens is 368 g/mol. The van der Waals surface area contributed by atoms with Crippen LogP contribution in [0.25, 0.3) is 0 Å². The summed E-state index contributed by atoms with van der Waals surface area (Å²) in [5.74, 6) is 0. The van der Waals surface area contributed by atoms with Crippen molar-refractivity contribution in [2.45, 2.75) is 48.7 Å². The molecule has 0 N–H and O–H groups in total. The van der Waals surface area contributed by atoms with Crippen LogP contribution >= 0.6 is 15.9 Å². The van der Waals surface area contributed by atoms with Crippen molar-refractivity contribution in [3.8, 4) is 0 Å². The van der Waals surface area contributed by atoms with Gasteiger partial charge in [-0.05, 0) is 11.6 Å². The lowest BCUT2D eigenvalue weighted by molar-refractivity contribution is -0.477. The molecule has 122 valence electrons. The molecule has 0 aromatic heterocycles. The summed E-state index contributed by atoms with van der Waals surface area (Å²) in [7, 11) is 0. The lowest BCUT2D eigenvalue weighted by Gasteiger charge is -2.58. The van der Waals surface area contributed by atoms with Crippen LogP contribution in [0.15, 0.2) is 28.7 Å². The fourth-order valence-corrected chi connectivity index (χ4v) is 4.66. The van der Waals surface area contributed by atoms with Crippen LogP contribution in [-0.2, 0) is 35.0 Å². The maximum Gasteiger partial charge on any atom is 0.273 e. The summed E-state index contributed by atoms with van der Waals surface area (Å²) in [6.07, 6.45) is -0.658. The molecule has 4 atom stereocenters. The van der Waals surface area contributed by atoms with Crippen LogP contribution in [0.1, 0.15) is 5.56 Å². The van der Waals surface area contributed by atoms with E-state index in [1.165, 1.54) is 0 Å². The van der Waals surface area contributed by atoms with E-state index in [4.69, 9.17) is 28.4 Å². The first-order valence-corrected chi connectivity index (χ1v) is 8.62. The van der Waals surface area contributed by atoms with E-state index >= 15 is 0 Å². The molecule has 5 aliphatic heterocycles. The molecule has 1 saturated carbocycles. The quantitative estimate of drug-likeness (QED) is 0.735. The van der Waals surface area contributed by atoms with Gasteiger partial charge in [0.25, 0.3) is 6.48 Å². The molecule has 6 aliphatic rings. The fourth-order valence-electron chi connectivity index (χ4n) is 4.26. The Morgan fingerprint density at radius 1 is 1.04 bits per heavy atom. The molecule has 0 unspecified atom stereocenters. The first-order valence-electron chi connectivity index (χ1n) is 7.82. The highest BCUT2D eigenvalue weighted by molar-refractivity contribution is 9.10. The van der Waals surface area contributed by atoms with Crippen LogP contribution in [0.4, 0.5) is 0 Å². The van der Waals surface area contributed by atoms with E-state index in [9.17, 15) is 0 Å². The Morgan fingerprint density at radius 3 is 2.30 bits per heavy atom. The minimum atomic E-state index is -0.622. The molecule has 5 saturated heterocycles. The number of ether oxygens (including phenoxy) is 6. The van der Waals surface area contributed by atoms with Gasteiger partial charge in [-0.1, -0.05) is 34.1 Å². The topological polar surface area (TPSA) is 62.0 Å². The maximum absolute atomic E-state index is 6.24. The summed E-state index contributed by atoms with van der Waals surface area (Å²) in [5, 5.41) is 0. The normalized spacial score (nSPS) is 51.6. The van der Waals surface area contributed by atoms with Gasteiger partial charge in [0.15, 0.2) is 0 Å². The van der Waals surface area contributed by atoms with Crippen LogP contribution in [0, 0.1) is 0 Å². The van der Waals surface area contributed by atoms with Gasteiger partial charge in [-0.3, -0.25) is 0 Å². The minimum absolute atomic E-state index is 0.110. The third-order valence-corrected chi connectivity index (χ3v) is 6.33. The molecule has 4 bridgehead atoms. The second-order valence-electron chi connectivity index (χ2n) is 6.77. The third kappa shape index (κ3) is 1.68. The van der Waals surface area contributed by atoms with Crippen LogP contribution in [0.5, 0.6) is 0 Å². The third-order valence-electron chi connectivity index (χ3n) is 5.55. The number of hydrogen-bond donors (Lipinski definition) is 0. The molecule has 0 radical (unpaired) electrons. The first kappa shape index (κ1) is 13.7. The van der Waals surface area contributed by atoms with Crippen molar-refractivity contribution >= 4 is 15.9 Å². The summed E-state index contributed by atoms with van der Waals surface area (Å²) < 4.78 is 36.5. The Hall–Kier alpha value is -0.540. The Balaban J connectivity index is 1.31. The molecule has 1 aromatic rings. The zero-order valence-electron chi connectivity index (χ0n) is 12.1.